The fourth-order valence-electron chi connectivity index (χ4n) is 2.55. The van der Waals surface area contributed by atoms with Crippen LogP contribution < -0.4 is 15.8 Å². The van der Waals surface area contributed by atoms with E-state index in [0.717, 1.165) is 10.5 Å². The summed E-state index contributed by atoms with van der Waals surface area (Å²) in [4.78, 5) is 36.0. The average molecular weight is 340 g/mol. The molecule has 25 heavy (non-hydrogen) atoms. The molecule has 0 aliphatic carbocycles. The summed E-state index contributed by atoms with van der Waals surface area (Å²) in [5.41, 5.74) is 7.73. The predicted molar refractivity (Wildman–Crippen MR) is 91.9 cm³/mol. The third-order valence-electron chi connectivity index (χ3n) is 3.91. The van der Waals surface area contributed by atoms with Crippen molar-refractivity contribution >= 4 is 28.9 Å². The van der Waals surface area contributed by atoms with Crippen molar-refractivity contribution in [2.75, 3.05) is 10.3 Å². The Morgan fingerprint density at radius 2 is 1.72 bits per heavy atom. The molecule has 8 nitrogen and oxygen atoms in total. The molecule has 8 heteroatoms. The molecule has 0 unspecified atom stereocenters. The Balaban J connectivity index is 1.66. The number of nitrogens with zero attached hydrogens (tertiary/aromatic N) is 2. The smallest absolute Gasteiger partial charge is 0.269 e. The van der Waals surface area contributed by atoms with Gasteiger partial charge < -0.3 is 5.43 Å². The molecule has 1 saturated heterocycles. The number of non-ortho nitro benzene ring substituents is 1. The number of rotatable bonds is 5. The normalized spacial score (nSPS) is 17.0. The zero-order valence-electron chi connectivity index (χ0n) is 13.4. The maximum Gasteiger partial charge on any atom is 0.269 e. The number of benzene rings is 2. The number of nitrogens with one attached hydrogen (secondary N) is 2. The zero-order chi connectivity index (χ0) is 18.0. The number of hydrogen-bond donors (Lipinski definition) is 2. The van der Waals surface area contributed by atoms with Crippen LogP contribution >= 0.6 is 0 Å². The number of anilines is 2. The van der Waals surface area contributed by atoms with E-state index in [4.69, 9.17) is 0 Å². The van der Waals surface area contributed by atoms with Crippen LogP contribution in [0, 0.1) is 17.0 Å². The van der Waals surface area contributed by atoms with Crippen molar-refractivity contribution in [1.29, 1.82) is 0 Å². The number of hydrogen-bond acceptors (Lipinski definition) is 6. The van der Waals surface area contributed by atoms with Crippen LogP contribution in [0.15, 0.2) is 48.5 Å². The van der Waals surface area contributed by atoms with Gasteiger partial charge in [0.05, 0.1) is 17.0 Å². The van der Waals surface area contributed by atoms with Crippen molar-refractivity contribution in [3.63, 3.8) is 0 Å². The molecular weight excluding hydrogens is 324 g/mol. The fraction of sp³-hybridized carbons (Fsp3) is 0.176. The van der Waals surface area contributed by atoms with Gasteiger partial charge in [0, 0.05) is 17.8 Å². The van der Waals surface area contributed by atoms with E-state index in [1.54, 1.807) is 12.1 Å². The Bertz CT molecular complexity index is 818. The largest absolute Gasteiger partial charge is 0.321 e. The second-order valence-corrected chi connectivity index (χ2v) is 5.73. The van der Waals surface area contributed by atoms with Gasteiger partial charge in [0.1, 0.15) is 6.04 Å². The quantitative estimate of drug-likeness (QED) is 0.491. The third-order valence-corrected chi connectivity index (χ3v) is 3.91. The molecule has 0 radical (unpaired) electrons. The highest BCUT2D eigenvalue weighted by atomic mass is 16.6. The van der Waals surface area contributed by atoms with Gasteiger partial charge in [-0.1, -0.05) is 17.7 Å². The van der Waals surface area contributed by atoms with Crippen LogP contribution in [0.4, 0.5) is 17.1 Å². The molecule has 2 aromatic carbocycles. The van der Waals surface area contributed by atoms with E-state index >= 15 is 0 Å². The highest BCUT2D eigenvalue weighted by molar-refractivity contribution is 6.22. The number of hydrazine groups is 1. The first kappa shape index (κ1) is 16.6. The molecule has 1 atom stereocenters. The summed E-state index contributed by atoms with van der Waals surface area (Å²) in [5.74, 6) is -0.625. The molecule has 1 heterocycles. The van der Waals surface area contributed by atoms with Crippen molar-refractivity contribution in [2.45, 2.75) is 19.4 Å². The summed E-state index contributed by atoms with van der Waals surface area (Å²) in [6.45, 7) is 1.93. The number of carbonyl (C=O) groups excluding carboxylic acids is 2. The summed E-state index contributed by atoms with van der Waals surface area (Å²) < 4.78 is 0. The topological polar surface area (TPSA) is 105 Å². The van der Waals surface area contributed by atoms with E-state index in [9.17, 15) is 19.7 Å². The number of imide groups is 1. The lowest BCUT2D eigenvalue weighted by Crippen LogP contribution is -2.41. The molecule has 2 aromatic rings. The Hall–Kier alpha value is -3.26. The summed E-state index contributed by atoms with van der Waals surface area (Å²) in [6, 6.07) is 12.2. The molecule has 0 aromatic heterocycles. The summed E-state index contributed by atoms with van der Waals surface area (Å²) in [7, 11) is 0. The van der Waals surface area contributed by atoms with Gasteiger partial charge in [0.15, 0.2) is 0 Å². The van der Waals surface area contributed by atoms with Gasteiger partial charge in [-0.05, 0) is 31.2 Å². The molecule has 2 N–H and O–H groups in total. The maximum absolute atomic E-state index is 12.5. The minimum Gasteiger partial charge on any atom is -0.321 e. The van der Waals surface area contributed by atoms with Gasteiger partial charge in [0.2, 0.25) is 5.91 Å². The fourth-order valence-corrected chi connectivity index (χ4v) is 2.55. The number of nitro groups is 1. The van der Waals surface area contributed by atoms with Gasteiger partial charge >= 0.3 is 0 Å². The molecular formula is C17H16N4O4. The molecule has 0 spiro atoms. The van der Waals surface area contributed by atoms with Crippen LogP contribution in [0.2, 0.25) is 0 Å². The van der Waals surface area contributed by atoms with Crippen LogP contribution in [-0.2, 0) is 9.59 Å². The Kier molecular flexibility index (Phi) is 4.44. The first-order valence-corrected chi connectivity index (χ1v) is 7.65. The monoisotopic (exact) mass is 340 g/mol. The molecule has 1 aliphatic heterocycles. The first-order valence-electron chi connectivity index (χ1n) is 7.65. The van der Waals surface area contributed by atoms with Crippen LogP contribution in [-0.4, -0.2) is 22.8 Å². The number of aryl methyl sites for hydroxylation is 1. The second-order valence-electron chi connectivity index (χ2n) is 5.73. The lowest BCUT2D eigenvalue weighted by molar-refractivity contribution is -0.384. The van der Waals surface area contributed by atoms with Crippen LogP contribution in [0.1, 0.15) is 12.0 Å². The number of nitro benzene ring substituents is 1. The highest BCUT2D eigenvalue weighted by Crippen LogP contribution is 2.23. The Morgan fingerprint density at radius 1 is 1.08 bits per heavy atom. The van der Waals surface area contributed by atoms with Crippen molar-refractivity contribution in [3.05, 3.63) is 64.2 Å². The van der Waals surface area contributed by atoms with E-state index in [1.165, 1.54) is 24.3 Å². The molecule has 1 fully saturated rings. The average Bonchev–Trinajstić information content (AvgIpc) is 2.88. The van der Waals surface area contributed by atoms with Gasteiger partial charge in [-0.25, -0.2) is 10.3 Å². The lowest BCUT2D eigenvalue weighted by atomic mass is 10.2. The molecule has 0 bridgehead atoms. The third kappa shape index (κ3) is 3.48. The zero-order valence-corrected chi connectivity index (χ0v) is 13.4. The van der Waals surface area contributed by atoms with E-state index in [2.05, 4.69) is 10.9 Å². The summed E-state index contributed by atoms with van der Waals surface area (Å²) in [5, 5.41) is 10.6. The minimum atomic E-state index is -0.705. The predicted octanol–water partition coefficient (Wildman–Crippen LogP) is 2.15. The van der Waals surface area contributed by atoms with Gasteiger partial charge in [-0.2, -0.15) is 0 Å². The van der Waals surface area contributed by atoms with Gasteiger partial charge in [-0.15, -0.1) is 0 Å². The molecule has 3 rings (SSSR count). The van der Waals surface area contributed by atoms with E-state index in [1.807, 2.05) is 19.1 Å². The Labute approximate surface area is 143 Å². The van der Waals surface area contributed by atoms with Crippen molar-refractivity contribution < 1.29 is 14.5 Å². The summed E-state index contributed by atoms with van der Waals surface area (Å²) in [6.07, 6.45) is 0.0344. The van der Waals surface area contributed by atoms with Crippen molar-refractivity contribution in [1.82, 2.24) is 5.43 Å². The minimum absolute atomic E-state index is 0.0248. The molecule has 0 saturated carbocycles. The highest BCUT2D eigenvalue weighted by Gasteiger charge is 2.39. The van der Waals surface area contributed by atoms with E-state index in [-0.39, 0.29) is 23.9 Å². The van der Waals surface area contributed by atoms with E-state index in [0.29, 0.717) is 11.4 Å². The number of amides is 2. The lowest BCUT2D eigenvalue weighted by Gasteiger charge is -2.16. The maximum atomic E-state index is 12.5. The van der Waals surface area contributed by atoms with Crippen molar-refractivity contribution in [2.24, 2.45) is 0 Å². The van der Waals surface area contributed by atoms with Crippen LogP contribution in [0.5, 0.6) is 0 Å². The van der Waals surface area contributed by atoms with E-state index < -0.39 is 11.0 Å². The van der Waals surface area contributed by atoms with Gasteiger partial charge in [-0.3, -0.25) is 19.7 Å². The van der Waals surface area contributed by atoms with Gasteiger partial charge in [0.25, 0.3) is 11.6 Å². The second kappa shape index (κ2) is 6.70. The summed E-state index contributed by atoms with van der Waals surface area (Å²) >= 11 is 0. The molecule has 1 aliphatic rings. The molecule has 128 valence electrons. The molecule has 2 amide bonds. The first-order chi connectivity index (χ1) is 12.0. The van der Waals surface area contributed by atoms with Crippen LogP contribution in [0.3, 0.4) is 0 Å². The SMILES string of the molecule is Cc1ccc(N2C(=O)C[C@H](NNc3ccc([N+](=O)[O-])cc3)C2=O)cc1. The van der Waals surface area contributed by atoms with Crippen LogP contribution in [0.25, 0.3) is 0 Å². The standard InChI is InChI=1S/C17H16N4O4/c1-11-2-6-13(7-3-11)20-16(22)10-15(17(20)23)19-18-12-4-8-14(9-5-12)21(24)25/h2-9,15,18-19H,10H2,1H3/t15-/m0/s1. The number of carbonyl (C=O) groups is 2. The Morgan fingerprint density at radius 3 is 2.32 bits per heavy atom. The van der Waals surface area contributed by atoms with Crippen molar-refractivity contribution in [3.8, 4) is 0 Å².